The smallest absolute Gasteiger partial charge is 0.260 e. The Bertz CT molecular complexity index is 1480. The summed E-state index contributed by atoms with van der Waals surface area (Å²) in [6.45, 7) is 9.07. The standard InChI is InChI=1S/C28H32N4O3S2/c1-5-7-18-31(6-2)37(34,35)24-14-12-22(13-15-24)27(33)32(19-23-10-8-9-17-29-23)28-30-26-21(4)20(3)11-16-25(26)36-28/h8-17H,5-7,18-19H2,1-4H3. The van der Waals surface area contributed by atoms with Crippen LogP contribution in [0.4, 0.5) is 5.13 Å². The van der Waals surface area contributed by atoms with Crippen molar-refractivity contribution in [1.82, 2.24) is 14.3 Å². The molecule has 0 fully saturated rings. The van der Waals surface area contributed by atoms with Crippen LogP contribution in [0.1, 0.15) is 53.9 Å². The van der Waals surface area contributed by atoms with Gasteiger partial charge in [-0.25, -0.2) is 13.4 Å². The predicted molar refractivity (Wildman–Crippen MR) is 150 cm³/mol. The third-order valence-electron chi connectivity index (χ3n) is 6.45. The number of pyridine rings is 1. The van der Waals surface area contributed by atoms with Crippen molar-refractivity contribution in [3.63, 3.8) is 0 Å². The molecule has 0 bridgehead atoms. The summed E-state index contributed by atoms with van der Waals surface area (Å²) >= 11 is 1.46. The van der Waals surface area contributed by atoms with Crippen LogP contribution in [0, 0.1) is 13.8 Å². The van der Waals surface area contributed by atoms with E-state index in [1.54, 1.807) is 23.2 Å². The first-order chi connectivity index (χ1) is 17.8. The molecule has 2 aromatic heterocycles. The maximum Gasteiger partial charge on any atom is 0.260 e. The predicted octanol–water partition coefficient (Wildman–Crippen LogP) is 5.97. The van der Waals surface area contributed by atoms with Crippen LogP contribution in [-0.4, -0.2) is 41.7 Å². The van der Waals surface area contributed by atoms with Crippen molar-refractivity contribution in [3.05, 3.63) is 83.2 Å². The number of aryl methyl sites for hydroxylation is 2. The van der Waals surface area contributed by atoms with Gasteiger partial charge in [-0.3, -0.25) is 14.7 Å². The fraction of sp³-hybridized carbons (Fsp3) is 0.321. The van der Waals surface area contributed by atoms with Gasteiger partial charge in [-0.15, -0.1) is 0 Å². The number of rotatable bonds is 10. The molecule has 7 nitrogen and oxygen atoms in total. The molecule has 0 spiro atoms. The molecule has 4 rings (SSSR count). The van der Waals surface area contributed by atoms with E-state index in [2.05, 4.69) is 11.1 Å². The summed E-state index contributed by atoms with van der Waals surface area (Å²) in [6, 6.07) is 15.9. The lowest BCUT2D eigenvalue weighted by Gasteiger charge is -2.21. The Morgan fingerprint density at radius 3 is 2.41 bits per heavy atom. The van der Waals surface area contributed by atoms with Crippen LogP contribution in [0.15, 0.2) is 65.7 Å². The normalized spacial score (nSPS) is 11.8. The van der Waals surface area contributed by atoms with E-state index in [1.165, 1.54) is 27.8 Å². The molecule has 0 radical (unpaired) electrons. The number of thiazole rings is 1. The number of anilines is 1. The van der Waals surface area contributed by atoms with E-state index in [9.17, 15) is 13.2 Å². The second-order valence-electron chi connectivity index (χ2n) is 8.94. The molecule has 4 aromatic rings. The molecule has 194 valence electrons. The summed E-state index contributed by atoms with van der Waals surface area (Å²) in [6.07, 6.45) is 3.41. The molecule has 0 unspecified atom stereocenters. The van der Waals surface area contributed by atoms with Crippen molar-refractivity contribution in [2.45, 2.75) is 52.0 Å². The molecule has 0 aliphatic heterocycles. The van der Waals surface area contributed by atoms with Gasteiger partial charge in [0.05, 0.1) is 27.4 Å². The summed E-state index contributed by atoms with van der Waals surface area (Å²) in [7, 11) is -3.62. The number of nitrogens with zero attached hydrogens (tertiary/aromatic N) is 4. The van der Waals surface area contributed by atoms with Crippen LogP contribution in [0.2, 0.25) is 0 Å². The van der Waals surface area contributed by atoms with Crippen molar-refractivity contribution in [2.75, 3.05) is 18.0 Å². The maximum atomic E-state index is 13.8. The number of amides is 1. The largest absolute Gasteiger partial charge is 0.278 e. The lowest BCUT2D eigenvalue weighted by Crippen LogP contribution is -2.32. The molecular formula is C28H32N4O3S2. The Balaban J connectivity index is 1.69. The minimum absolute atomic E-state index is 0.185. The summed E-state index contributed by atoms with van der Waals surface area (Å²) < 4.78 is 28.7. The lowest BCUT2D eigenvalue weighted by atomic mass is 10.1. The third-order valence-corrected chi connectivity index (χ3v) is 9.48. The molecule has 0 saturated carbocycles. The van der Waals surface area contributed by atoms with Crippen LogP contribution < -0.4 is 4.90 Å². The first-order valence-corrected chi connectivity index (χ1v) is 14.7. The van der Waals surface area contributed by atoms with Gasteiger partial charge in [0.15, 0.2) is 5.13 Å². The molecular weight excluding hydrogens is 504 g/mol. The number of fused-ring (bicyclic) bond motifs is 1. The number of benzene rings is 2. The first kappa shape index (κ1) is 26.9. The minimum Gasteiger partial charge on any atom is -0.278 e. The number of hydrogen-bond acceptors (Lipinski definition) is 6. The summed E-state index contributed by atoms with van der Waals surface area (Å²) in [4.78, 5) is 24.8. The molecule has 1 amide bonds. The highest BCUT2D eigenvalue weighted by atomic mass is 32.2. The highest BCUT2D eigenvalue weighted by molar-refractivity contribution is 7.89. The Morgan fingerprint density at radius 2 is 1.76 bits per heavy atom. The van der Waals surface area contributed by atoms with Gasteiger partial charge in [-0.05, 0) is 73.9 Å². The number of carbonyl (C=O) groups excluding carboxylic acids is 1. The van der Waals surface area contributed by atoms with E-state index >= 15 is 0 Å². The van der Waals surface area contributed by atoms with E-state index in [0.717, 1.165) is 39.9 Å². The van der Waals surface area contributed by atoms with Crippen LogP contribution in [0.5, 0.6) is 0 Å². The molecule has 0 N–H and O–H groups in total. The first-order valence-electron chi connectivity index (χ1n) is 12.4. The van der Waals surface area contributed by atoms with Gasteiger partial charge in [-0.1, -0.05) is 43.7 Å². The fourth-order valence-corrected chi connectivity index (χ4v) is 6.58. The summed E-state index contributed by atoms with van der Waals surface area (Å²) in [5, 5.41) is 0.577. The van der Waals surface area contributed by atoms with E-state index in [1.807, 2.05) is 52.0 Å². The second kappa shape index (κ2) is 11.5. The quantitative estimate of drug-likeness (QED) is 0.249. The zero-order chi connectivity index (χ0) is 26.6. The van der Waals surface area contributed by atoms with E-state index in [4.69, 9.17) is 4.98 Å². The summed E-state index contributed by atoms with van der Waals surface area (Å²) in [5.74, 6) is -0.263. The average Bonchev–Trinajstić information content (AvgIpc) is 3.35. The Kier molecular flexibility index (Phi) is 8.36. The van der Waals surface area contributed by atoms with Crippen LogP contribution in [0.25, 0.3) is 10.2 Å². The van der Waals surface area contributed by atoms with Crippen LogP contribution >= 0.6 is 11.3 Å². The Hall–Kier alpha value is -3.14. The third kappa shape index (κ3) is 5.74. The van der Waals surface area contributed by atoms with Crippen molar-refractivity contribution >= 4 is 42.6 Å². The zero-order valence-corrected chi connectivity index (χ0v) is 23.3. The molecule has 9 heteroatoms. The number of sulfonamides is 1. The minimum atomic E-state index is -3.62. The van der Waals surface area contributed by atoms with E-state index in [0.29, 0.717) is 23.8 Å². The van der Waals surface area contributed by atoms with Gasteiger partial charge in [0.2, 0.25) is 10.0 Å². The average molecular weight is 537 g/mol. The van der Waals surface area contributed by atoms with Gasteiger partial charge in [0.1, 0.15) is 0 Å². The lowest BCUT2D eigenvalue weighted by molar-refractivity contribution is 0.0984. The van der Waals surface area contributed by atoms with Gasteiger partial charge in [0.25, 0.3) is 5.91 Å². The SMILES string of the molecule is CCCCN(CC)S(=O)(=O)c1ccc(C(=O)N(Cc2ccccn2)c2nc3c(C)c(C)ccc3s2)cc1. The molecule has 0 aliphatic carbocycles. The molecule has 0 atom stereocenters. The number of aromatic nitrogens is 2. The zero-order valence-electron chi connectivity index (χ0n) is 21.6. The van der Waals surface area contributed by atoms with Gasteiger partial charge >= 0.3 is 0 Å². The second-order valence-corrected chi connectivity index (χ2v) is 11.9. The fourth-order valence-electron chi connectivity index (χ4n) is 4.07. The van der Waals surface area contributed by atoms with Crippen LogP contribution in [0.3, 0.4) is 0 Å². The topological polar surface area (TPSA) is 83.5 Å². The molecule has 37 heavy (non-hydrogen) atoms. The number of hydrogen-bond donors (Lipinski definition) is 0. The molecule has 0 saturated heterocycles. The number of carbonyl (C=O) groups is 1. The van der Waals surface area contributed by atoms with E-state index < -0.39 is 10.0 Å². The Labute approximate surface area is 222 Å². The van der Waals surface area contributed by atoms with Crippen molar-refractivity contribution in [2.24, 2.45) is 0 Å². The van der Waals surface area contributed by atoms with E-state index in [-0.39, 0.29) is 17.3 Å². The highest BCUT2D eigenvalue weighted by Crippen LogP contribution is 2.33. The van der Waals surface area contributed by atoms with Crippen molar-refractivity contribution in [1.29, 1.82) is 0 Å². The monoisotopic (exact) mass is 536 g/mol. The molecule has 2 aromatic carbocycles. The molecule has 2 heterocycles. The van der Waals surface area contributed by atoms with Crippen molar-refractivity contribution < 1.29 is 13.2 Å². The number of unbranched alkanes of at least 4 members (excludes halogenated alkanes) is 1. The molecule has 0 aliphatic rings. The summed E-state index contributed by atoms with van der Waals surface area (Å²) in [5.41, 5.74) is 4.23. The highest BCUT2D eigenvalue weighted by Gasteiger charge is 2.26. The van der Waals surface area contributed by atoms with Crippen molar-refractivity contribution in [3.8, 4) is 0 Å². The van der Waals surface area contributed by atoms with Gasteiger partial charge in [0, 0.05) is 24.8 Å². The van der Waals surface area contributed by atoms with Crippen LogP contribution in [-0.2, 0) is 16.6 Å². The maximum absolute atomic E-state index is 13.8. The van der Waals surface area contributed by atoms with Gasteiger partial charge < -0.3 is 0 Å². The Morgan fingerprint density at radius 1 is 1.00 bits per heavy atom. The van der Waals surface area contributed by atoms with Gasteiger partial charge in [-0.2, -0.15) is 4.31 Å².